The molecule has 0 radical (unpaired) electrons. The van der Waals surface area contributed by atoms with Crippen molar-refractivity contribution in [1.29, 1.82) is 0 Å². The minimum absolute atomic E-state index is 0.284. The number of hydrogen-bond acceptors (Lipinski definition) is 4. The van der Waals surface area contributed by atoms with Crippen molar-refractivity contribution in [1.82, 2.24) is 0 Å². The molecule has 1 N–H and O–H groups in total. The molecule has 5 nitrogen and oxygen atoms in total. The Balaban J connectivity index is 2.26. The lowest BCUT2D eigenvalue weighted by molar-refractivity contribution is 0.102. The summed E-state index contributed by atoms with van der Waals surface area (Å²) in [6.07, 6.45) is 0.895. The van der Waals surface area contributed by atoms with Crippen LogP contribution in [-0.4, -0.2) is 26.7 Å². The van der Waals surface area contributed by atoms with E-state index in [2.05, 4.69) is 5.32 Å². The minimum Gasteiger partial charge on any atom is -0.493 e. The number of para-hydroxylation sites is 3. The van der Waals surface area contributed by atoms with Crippen LogP contribution in [0.2, 0.25) is 0 Å². The summed E-state index contributed by atoms with van der Waals surface area (Å²) >= 11 is 0. The van der Waals surface area contributed by atoms with Crippen LogP contribution in [0, 0.1) is 0 Å². The number of rotatable bonds is 7. The molecule has 2 aromatic carbocycles. The Hall–Kier alpha value is -2.69. The van der Waals surface area contributed by atoms with E-state index in [4.69, 9.17) is 14.2 Å². The van der Waals surface area contributed by atoms with Gasteiger partial charge in [0.1, 0.15) is 5.75 Å². The number of anilines is 1. The maximum atomic E-state index is 12.6. The van der Waals surface area contributed by atoms with Crippen molar-refractivity contribution in [2.24, 2.45) is 0 Å². The molecule has 5 heteroatoms. The third-order valence-electron chi connectivity index (χ3n) is 3.24. The molecule has 0 saturated heterocycles. The Labute approximate surface area is 136 Å². The van der Waals surface area contributed by atoms with E-state index in [1.807, 2.05) is 25.1 Å². The lowest BCUT2D eigenvalue weighted by atomic mass is 10.1. The first-order chi connectivity index (χ1) is 11.2. The van der Waals surface area contributed by atoms with Crippen LogP contribution >= 0.6 is 0 Å². The van der Waals surface area contributed by atoms with Gasteiger partial charge in [0.15, 0.2) is 11.5 Å². The van der Waals surface area contributed by atoms with Crippen LogP contribution in [0.15, 0.2) is 42.5 Å². The van der Waals surface area contributed by atoms with Crippen molar-refractivity contribution >= 4 is 11.6 Å². The molecule has 0 aliphatic heterocycles. The van der Waals surface area contributed by atoms with Crippen molar-refractivity contribution in [3.8, 4) is 17.2 Å². The van der Waals surface area contributed by atoms with Crippen LogP contribution in [0.4, 0.5) is 5.69 Å². The fraction of sp³-hybridized carbons (Fsp3) is 0.278. The average Bonchev–Trinajstić information content (AvgIpc) is 2.60. The second-order valence-corrected chi connectivity index (χ2v) is 4.84. The number of ether oxygens (including phenoxy) is 3. The van der Waals surface area contributed by atoms with Gasteiger partial charge in [-0.1, -0.05) is 25.1 Å². The first-order valence-electron chi connectivity index (χ1n) is 7.45. The van der Waals surface area contributed by atoms with Gasteiger partial charge in [0.2, 0.25) is 0 Å². The molecular weight excluding hydrogens is 294 g/mol. The summed E-state index contributed by atoms with van der Waals surface area (Å²) in [4.78, 5) is 12.6. The van der Waals surface area contributed by atoms with Gasteiger partial charge in [0.25, 0.3) is 5.91 Å². The quantitative estimate of drug-likeness (QED) is 0.845. The predicted octanol–water partition coefficient (Wildman–Crippen LogP) is 3.74. The standard InChI is InChI=1S/C18H21NO4/c1-4-12-23-15-10-6-5-9-14(15)19-18(20)13-8-7-11-16(21-2)17(13)22-3/h5-11H,4,12H2,1-3H3,(H,19,20). The molecule has 0 heterocycles. The molecule has 2 rings (SSSR count). The molecule has 0 aliphatic carbocycles. The van der Waals surface area contributed by atoms with E-state index in [-0.39, 0.29) is 5.91 Å². The molecule has 0 aromatic heterocycles. The highest BCUT2D eigenvalue weighted by Gasteiger charge is 2.17. The molecule has 0 atom stereocenters. The third kappa shape index (κ3) is 3.94. The SMILES string of the molecule is CCCOc1ccccc1NC(=O)c1cccc(OC)c1OC. The van der Waals surface area contributed by atoms with Gasteiger partial charge in [-0.15, -0.1) is 0 Å². The van der Waals surface area contributed by atoms with Gasteiger partial charge >= 0.3 is 0 Å². The number of nitrogens with one attached hydrogen (secondary N) is 1. The van der Waals surface area contributed by atoms with Gasteiger partial charge < -0.3 is 19.5 Å². The van der Waals surface area contributed by atoms with E-state index in [9.17, 15) is 4.79 Å². The maximum Gasteiger partial charge on any atom is 0.259 e. The van der Waals surface area contributed by atoms with Crippen molar-refractivity contribution in [3.63, 3.8) is 0 Å². The number of hydrogen-bond donors (Lipinski definition) is 1. The molecule has 1 amide bonds. The zero-order valence-corrected chi connectivity index (χ0v) is 13.6. The Morgan fingerprint density at radius 1 is 1.00 bits per heavy atom. The Morgan fingerprint density at radius 3 is 2.43 bits per heavy atom. The second kappa shape index (κ2) is 8.08. The van der Waals surface area contributed by atoms with Crippen molar-refractivity contribution in [2.45, 2.75) is 13.3 Å². The molecule has 122 valence electrons. The maximum absolute atomic E-state index is 12.6. The van der Waals surface area contributed by atoms with E-state index in [1.165, 1.54) is 14.2 Å². The highest BCUT2D eigenvalue weighted by molar-refractivity contribution is 6.07. The Kier molecular flexibility index (Phi) is 5.86. The summed E-state index contributed by atoms with van der Waals surface area (Å²) in [5.74, 6) is 1.27. The van der Waals surface area contributed by atoms with E-state index < -0.39 is 0 Å². The predicted molar refractivity (Wildman–Crippen MR) is 89.7 cm³/mol. The van der Waals surface area contributed by atoms with Gasteiger partial charge in [-0.2, -0.15) is 0 Å². The van der Waals surface area contributed by atoms with Gasteiger partial charge in [0.05, 0.1) is 32.1 Å². The highest BCUT2D eigenvalue weighted by atomic mass is 16.5. The third-order valence-corrected chi connectivity index (χ3v) is 3.24. The van der Waals surface area contributed by atoms with Gasteiger partial charge in [0, 0.05) is 0 Å². The smallest absolute Gasteiger partial charge is 0.259 e. The van der Waals surface area contributed by atoms with Crippen LogP contribution in [0.1, 0.15) is 23.7 Å². The summed E-state index contributed by atoms with van der Waals surface area (Å²) in [6.45, 7) is 2.62. The van der Waals surface area contributed by atoms with Crippen molar-refractivity contribution < 1.29 is 19.0 Å². The number of carbonyl (C=O) groups is 1. The Morgan fingerprint density at radius 2 is 1.74 bits per heavy atom. The zero-order chi connectivity index (χ0) is 16.7. The minimum atomic E-state index is -0.284. The lowest BCUT2D eigenvalue weighted by Gasteiger charge is -2.14. The average molecular weight is 315 g/mol. The van der Waals surface area contributed by atoms with Crippen LogP contribution in [0.5, 0.6) is 17.2 Å². The van der Waals surface area contributed by atoms with Crippen LogP contribution in [-0.2, 0) is 0 Å². The molecule has 0 spiro atoms. The van der Waals surface area contributed by atoms with Gasteiger partial charge in [-0.3, -0.25) is 4.79 Å². The number of carbonyl (C=O) groups excluding carboxylic acids is 1. The van der Waals surface area contributed by atoms with Gasteiger partial charge in [-0.25, -0.2) is 0 Å². The molecule has 0 fully saturated rings. The van der Waals surface area contributed by atoms with Crippen molar-refractivity contribution in [3.05, 3.63) is 48.0 Å². The number of methoxy groups -OCH3 is 2. The second-order valence-electron chi connectivity index (χ2n) is 4.84. The summed E-state index contributed by atoms with van der Waals surface area (Å²) < 4.78 is 16.2. The molecular formula is C18H21NO4. The topological polar surface area (TPSA) is 56.8 Å². The molecule has 0 aliphatic rings. The monoisotopic (exact) mass is 315 g/mol. The fourth-order valence-corrected chi connectivity index (χ4v) is 2.16. The van der Waals surface area contributed by atoms with E-state index >= 15 is 0 Å². The van der Waals surface area contributed by atoms with Gasteiger partial charge in [-0.05, 0) is 30.7 Å². The number of benzene rings is 2. The van der Waals surface area contributed by atoms with Crippen LogP contribution in [0.3, 0.4) is 0 Å². The first kappa shape index (κ1) is 16.7. The molecule has 0 saturated carbocycles. The summed E-state index contributed by atoms with van der Waals surface area (Å²) in [5.41, 5.74) is 1.02. The van der Waals surface area contributed by atoms with E-state index in [0.717, 1.165) is 6.42 Å². The normalized spacial score (nSPS) is 10.0. The summed E-state index contributed by atoms with van der Waals surface area (Å²) in [5, 5.41) is 2.86. The molecule has 23 heavy (non-hydrogen) atoms. The molecule has 0 unspecified atom stereocenters. The van der Waals surface area contributed by atoms with E-state index in [1.54, 1.807) is 24.3 Å². The highest BCUT2D eigenvalue weighted by Crippen LogP contribution is 2.32. The van der Waals surface area contributed by atoms with E-state index in [0.29, 0.717) is 35.1 Å². The Bertz CT molecular complexity index is 670. The first-order valence-corrected chi connectivity index (χ1v) is 7.45. The molecule has 2 aromatic rings. The fourth-order valence-electron chi connectivity index (χ4n) is 2.16. The number of amides is 1. The van der Waals surface area contributed by atoms with Crippen molar-refractivity contribution in [2.75, 3.05) is 26.1 Å². The zero-order valence-electron chi connectivity index (χ0n) is 13.6. The lowest BCUT2D eigenvalue weighted by Crippen LogP contribution is -2.14. The van der Waals surface area contributed by atoms with Crippen LogP contribution in [0.25, 0.3) is 0 Å². The largest absolute Gasteiger partial charge is 0.493 e. The summed E-state index contributed by atoms with van der Waals surface area (Å²) in [6, 6.07) is 12.5. The molecule has 0 bridgehead atoms. The summed E-state index contributed by atoms with van der Waals surface area (Å²) in [7, 11) is 3.04. The van der Waals surface area contributed by atoms with Crippen LogP contribution < -0.4 is 19.5 Å².